The van der Waals surface area contributed by atoms with Gasteiger partial charge in [-0.1, -0.05) is 42.5 Å². The van der Waals surface area contributed by atoms with Crippen LogP contribution >= 0.6 is 0 Å². The summed E-state index contributed by atoms with van der Waals surface area (Å²) in [5.41, 5.74) is 2.30. The molecule has 0 heterocycles. The molecule has 0 spiro atoms. The first-order chi connectivity index (χ1) is 22.5. The molecule has 4 amide bonds. The van der Waals surface area contributed by atoms with Crippen molar-refractivity contribution >= 4 is 55.0 Å². The molecule has 0 radical (unpaired) electrons. The van der Waals surface area contributed by atoms with Crippen molar-refractivity contribution in [1.29, 1.82) is 0 Å². The number of carbonyl (C=O) groups is 2. The molecule has 0 unspecified atom stereocenters. The molecule has 0 bridgehead atoms. The van der Waals surface area contributed by atoms with Crippen LogP contribution in [0.3, 0.4) is 0 Å². The third-order valence-corrected chi connectivity index (χ3v) is 8.97. The van der Waals surface area contributed by atoms with Gasteiger partial charge in [-0.2, -0.15) is 16.8 Å². The Kier molecular flexibility index (Phi) is 9.73. The summed E-state index contributed by atoms with van der Waals surface area (Å²) in [4.78, 5) is 25.4. The summed E-state index contributed by atoms with van der Waals surface area (Å²) in [6.07, 6.45) is 0. The van der Waals surface area contributed by atoms with Gasteiger partial charge in [0, 0.05) is 22.7 Å². The molecule has 5 aromatic rings. The molecule has 0 atom stereocenters. The number of anilines is 4. The summed E-state index contributed by atoms with van der Waals surface area (Å²) >= 11 is 0. The van der Waals surface area contributed by atoms with E-state index in [-0.39, 0.29) is 21.3 Å². The van der Waals surface area contributed by atoms with Crippen LogP contribution in [0.1, 0.15) is 5.56 Å². The highest BCUT2D eigenvalue weighted by molar-refractivity contribution is 7.87. The zero-order chi connectivity index (χ0) is 33.4. The Hall–Kier alpha value is -5.86. The summed E-state index contributed by atoms with van der Waals surface area (Å²) in [6.45, 7) is 1.78. The smallest absolute Gasteiger partial charge is 0.339 e. The molecule has 0 aliphatic carbocycles. The van der Waals surface area contributed by atoms with Gasteiger partial charge in [0.25, 0.3) is 0 Å². The molecular formula is C33H28N4O8S2. The van der Waals surface area contributed by atoms with Crippen LogP contribution in [0.15, 0.2) is 137 Å². The van der Waals surface area contributed by atoms with Crippen LogP contribution < -0.4 is 29.6 Å². The molecule has 0 aliphatic rings. The number of hydrogen-bond acceptors (Lipinski definition) is 8. The quantitative estimate of drug-likeness (QED) is 0.117. The van der Waals surface area contributed by atoms with Crippen LogP contribution in [-0.4, -0.2) is 28.9 Å². The largest absolute Gasteiger partial charge is 0.379 e. The van der Waals surface area contributed by atoms with Gasteiger partial charge in [0.15, 0.2) is 0 Å². The van der Waals surface area contributed by atoms with E-state index in [9.17, 15) is 26.4 Å². The van der Waals surface area contributed by atoms with Gasteiger partial charge in [-0.15, -0.1) is 0 Å². The Bertz CT molecular complexity index is 2090. The van der Waals surface area contributed by atoms with Crippen molar-refractivity contribution in [2.45, 2.75) is 16.7 Å². The summed E-state index contributed by atoms with van der Waals surface area (Å²) < 4.78 is 60.0. The first-order valence-electron chi connectivity index (χ1n) is 13.9. The molecule has 5 rings (SSSR count). The second-order valence-corrected chi connectivity index (χ2v) is 13.0. The van der Waals surface area contributed by atoms with Crippen molar-refractivity contribution < 1.29 is 34.8 Å². The Morgan fingerprint density at radius 1 is 0.489 bits per heavy atom. The van der Waals surface area contributed by atoms with Crippen LogP contribution in [0, 0.1) is 6.92 Å². The predicted molar refractivity (Wildman–Crippen MR) is 178 cm³/mol. The minimum atomic E-state index is -4.00. The van der Waals surface area contributed by atoms with Gasteiger partial charge in [0.05, 0.1) is 0 Å². The molecule has 0 fully saturated rings. The number of nitrogens with one attached hydrogen (secondary N) is 4. The minimum absolute atomic E-state index is 0.0180. The number of rotatable bonds is 10. The Morgan fingerprint density at radius 3 is 1.32 bits per heavy atom. The van der Waals surface area contributed by atoms with Crippen molar-refractivity contribution in [3.05, 3.63) is 133 Å². The van der Waals surface area contributed by atoms with E-state index in [1.54, 1.807) is 61.5 Å². The van der Waals surface area contributed by atoms with Crippen LogP contribution in [0.25, 0.3) is 0 Å². The Balaban J connectivity index is 1.14. The number of carbonyl (C=O) groups excluding carboxylic acids is 2. The van der Waals surface area contributed by atoms with Gasteiger partial charge in [-0.3, -0.25) is 0 Å². The van der Waals surface area contributed by atoms with Crippen molar-refractivity contribution in [3.63, 3.8) is 0 Å². The molecule has 47 heavy (non-hydrogen) atoms. The molecule has 0 aromatic heterocycles. The van der Waals surface area contributed by atoms with Gasteiger partial charge in [-0.05, 0) is 97.4 Å². The lowest BCUT2D eigenvalue weighted by Gasteiger charge is -2.13. The summed E-state index contributed by atoms with van der Waals surface area (Å²) in [5.74, 6) is 0.153. The van der Waals surface area contributed by atoms with Crippen LogP contribution in [0.4, 0.5) is 32.3 Å². The summed E-state index contributed by atoms with van der Waals surface area (Å²) in [6, 6.07) is 30.9. The molecule has 0 saturated heterocycles. The van der Waals surface area contributed by atoms with E-state index in [2.05, 4.69) is 21.3 Å². The molecule has 240 valence electrons. The minimum Gasteiger partial charge on any atom is -0.379 e. The van der Waals surface area contributed by atoms with E-state index < -0.39 is 32.3 Å². The van der Waals surface area contributed by atoms with Crippen molar-refractivity contribution in [1.82, 2.24) is 0 Å². The standard InChI is InChI=1S/C33H28N4O8S2/c1-23-12-13-26(36-32(38)34-24-14-18-27(19-15-24)44-46(40,41)29-8-4-2-5-9-29)22-31(23)37-33(39)35-25-16-20-28(21-17-25)45-47(42,43)30-10-6-3-7-11-30/h2-22H,1H3,(H2,34,36,38)(H2,35,37,39). The third kappa shape index (κ3) is 8.87. The van der Waals surface area contributed by atoms with Gasteiger partial charge < -0.3 is 29.6 Å². The lowest BCUT2D eigenvalue weighted by Crippen LogP contribution is -2.21. The van der Waals surface area contributed by atoms with Gasteiger partial charge in [-0.25, -0.2) is 9.59 Å². The number of urea groups is 2. The molecule has 4 N–H and O–H groups in total. The molecule has 12 nitrogen and oxygen atoms in total. The van der Waals surface area contributed by atoms with Crippen LogP contribution in [0.2, 0.25) is 0 Å². The fourth-order valence-electron chi connectivity index (χ4n) is 4.12. The van der Waals surface area contributed by atoms with Crippen LogP contribution in [0.5, 0.6) is 11.5 Å². The van der Waals surface area contributed by atoms with Crippen molar-refractivity contribution in [2.75, 3.05) is 21.3 Å². The number of aryl methyl sites for hydroxylation is 1. The van der Waals surface area contributed by atoms with E-state index in [4.69, 9.17) is 8.37 Å². The highest BCUT2D eigenvalue weighted by Gasteiger charge is 2.17. The predicted octanol–water partition coefficient (Wildman–Crippen LogP) is 6.82. The molecule has 14 heteroatoms. The van der Waals surface area contributed by atoms with Gasteiger partial charge in [0.2, 0.25) is 0 Å². The van der Waals surface area contributed by atoms with Crippen molar-refractivity contribution in [3.8, 4) is 11.5 Å². The number of benzene rings is 5. The first-order valence-corrected chi connectivity index (χ1v) is 16.7. The number of hydrogen-bond donors (Lipinski definition) is 4. The zero-order valence-electron chi connectivity index (χ0n) is 24.7. The second-order valence-electron chi connectivity index (χ2n) is 9.94. The Morgan fingerprint density at radius 2 is 0.872 bits per heavy atom. The molecule has 0 aliphatic heterocycles. The third-order valence-electron chi connectivity index (χ3n) is 6.44. The average Bonchev–Trinajstić information content (AvgIpc) is 3.05. The molecule has 0 saturated carbocycles. The van der Waals surface area contributed by atoms with E-state index in [1.165, 1.54) is 72.8 Å². The topological polar surface area (TPSA) is 169 Å². The highest BCUT2D eigenvalue weighted by atomic mass is 32.2. The highest BCUT2D eigenvalue weighted by Crippen LogP contribution is 2.24. The fourth-order valence-corrected chi connectivity index (χ4v) is 6.03. The van der Waals surface area contributed by atoms with E-state index in [1.807, 2.05) is 0 Å². The average molecular weight is 673 g/mol. The summed E-state index contributed by atoms with van der Waals surface area (Å²) in [7, 11) is -8.00. The zero-order valence-corrected chi connectivity index (χ0v) is 26.3. The maximum atomic E-state index is 12.7. The molecule has 5 aromatic carbocycles. The monoisotopic (exact) mass is 672 g/mol. The maximum Gasteiger partial charge on any atom is 0.339 e. The van der Waals surface area contributed by atoms with Crippen LogP contribution in [-0.2, 0) is 20.2 Å². The van der Waals surface area contributed by atoms with E-state index in [0.717, 1.165) is 5.56 Å². The SMILES string of the molecule is Cc1ccc(NC(=O)Nc2ccc(OS(=O)(=O)c3ccccc3)cc2)cc1NC(=O)Nc1ccc(OS(=O)(=O)c2ccccc2)cc1. The number of amides is 4. The first kappa shape index (κ1) is 32.5. The molecular weight excluding hydrogens is 645 g/mol. The van der Waals surface area contributed by atoms with Gasteiger partial charge >= 0.3 is 32.3 Å². The second kappa shape index (κ2) is 14.1. The lowest BCUT2D eigenvalue weighted by atomic mass is 10.2. The van der Waals surface area contributed by atoms with E-state index in [0.29, 0.717) is 22.7 Å². The fraction of sp³-hybridized carbons (Fsp3) is 0.0303. The van der Waals surface area contributed by atoms with E-state index >= 15 is 0 Å². The Labute approximate surface area is 271 Å². The van der Waals surface area contributed by atoms with Gasteiger partial charge in [0.1, 0.15) is 21.3 Å². The maximum absolute atomic E-state index is 12.7. The normalized spacial score (nSPS) is 11.2. The van der Waals surface area contributed by atoms with Crippen molar-refractivity contribution in [2.24, 2.45) is 0 Å². The summed E-state index contributed by atoms with van der Waals surface area (Å²) in [5, 5.41) is 10.7. The lowest BCUT2D eigenvalue weighted by molar-refractivity contribution is 0.261.